The molecule has 1 heterocycles. The van der Waals surface area contributed by atoms with Gasteiger partial charge >= 0.3 is 0 Å². The van der Waals surface area contributed by atoms with Crippen molar-refractivity contribution in [3.63, 3.8) is 0 Å². The van der Waals surface area contributed by atoms with Gasteiger partial charge < -0.3 is 25.0 Å². The first-order chi connectivity index (χ1) is 11.0. The Morgan fingerprint density at radius 3 is 2.57 bits per heavy atom. The normalized spacial score (nSPS) is 15.5. The number of aryl methyl sites for hydroxylation is 1. The standard InChI is InChI=1S/C17H27N3O3/c1-4-23-17-13(11-14(18)12-15(17)22-3)5-6-16(21)20-9-7-19(2)8-10-20/h11-12H,4-10,18H2,1-3H3. The summed E-state index contributed by atoms with van der Waals surface area (Å²) in [6.07, 6.45) is 1.05. The van der Waals surface area contributed by atoms with Crippen LogP contribution in [0.3, 0.4) is 0 Å². The largest absolute Gasteiger partial charge is 0.493 e. The van der Waals surface area contributed by atoms with Gasteiger partial charge in [0.15, 0.2) is 11.5 Å². The van der Waals surface area contributed by atoms with Gasteiger partial charge in [0.1, 0.15) is 0 Å². The quantitative estimate of drug-likeness (QED) is 0.802. The second kappa shape index (κ2) is 8.06. The van der Waals surface area contributed by atoms with E-state index in [9.17, 15) is 4.79 Å². The van der Waals surface area contributed by atoms with E-state index >= 15 is 0 Å². The molecule has 0 atom stereocenters. The van der Waals surface area contributed by atoms with Crippen LogP contribution in [0.5, 0.6) is 11.5 Å². The molecule has 23 heavy (non-hydrogen) atoms. The zero-order valence-corrected chi connectivity index (χ0v) is 14.3. The Labute approximate surface area is 138 Å². The number of nitrogens with two attached hydrogens (primary N) is 1. The predicted octanol–water partition coefficient (Wildman–Crippen LogP) is 1.38. The number of carbonyl (C=O) groups is 1. The van der Waals surface area contributed by atoms with Crippen molar-refractivity contribution >= 4 is 11.6 Å². The van der Waals surface area contributed by atoms with Crippen molar-refractivity contribution in [3.05, 3.63) is 17.7 Å². The van der Waals surface area contributed by atoms with Crippen LogP contribution in [-0.2, 0) is 11.2 Å². The lowest BCUT2D eigenvalue weighted by Gasteiger charge is -2.32. The molecule has 1 aromatic carbocycles. The molecule has 6 heteroatoms. The molecule has 0 unspecified atom stereocenters. The molecule has 2 rings (SSSR count). The molecule has 0 saturated carbocycles. The molecule has 0 aliphatic carbocycles. The lowest BCUT2D eigenvalue weighted by Crippen LogP contribution is -2.47. The number of carbonyl (C=O) groups excluding carboxylic acids is 1. The number of ether oxygens (including phenoxy) is 2. The minimum Gasteiger partial charge on any atom is -0.493 e. The average molecular weight is 321 g/mol. The lowest BCUT2D eigenvalue weighted by molar-refractivity contribution is -0.132. The second-order valence-corrected chi connectivity index (χ2v) is 5.83. The summed E-state index contributed by atoms with van der Waals surface area (Å²) in [7, 11) is 3.67. The number of rotatable bonds is 6. The van der Waals surface area contributed by atoms with Crippen molar-refractivity contribution in [1.82, 2.24) is 9.80 Å². The van der Waals surface area contributed by atoms with Gasteiger partial charge in [-0.25, -0.2) is 0 Å². The summed E-state index contributed by atoms with van der Waals surface area (Å²) < 4.78 is 11.0. The van der Waals surface area contributed by atoms with Crippen molar-refractivity contribution < 1.29 is 14.3 Å². The number of nitrogens with zero attached hydrogens (tertiary/aromatic N) is 2. The lowest BCUT2D eigenvalue weighted by atomic mass is 10.1. The molecule has 2 N–H and O–H groups in total. The summed E-state index contributed by atoms with van der Waals surface area (Å²) in [5.41, 5.74) is 7.47. The number of methoxy groups -OCH3 is 1. The van der Waals surface area contributed by atoms with Gasteiger partial charge in [0.05, 0.1) is 13.7 Å². The van der Waals surface area contributed by atoms with Crippen molar-refractivity contribution in [2.24, 2.45) is 0 Å². The summed E-state index contributed by atoms with van der Waals surface area (Å²) in [5, 5.41) is 0. The first kappa shape index (κ1) is 17.4. The Hall–Kier alpha value is -1.95. The third kappa shape index (κ3) is 4.51. The first-order valence-corrected chi connectivity index (χ1v) is 8.10. The first-order valence-electron chi connectivity index (χ1n) is 8.10. The van der Waals surface area contributed by atoms with Gasteiger partial charge in [-0.1, -0.05) is 0 Å². The minimum absolute atomic E-state index is 0.182. The number of benzene rings is 1. The van der Waals surface area contributed by atoms with Gasteiger partial charge in [-0.15, -0.1) is 0 Å². The van der Waals surface area contributed by atoms with E-state index in [1.807, 2.05) is 17.9 Å². The number of hydrogen-bond donors (Lipinski definition) is 1. The maximum absolute atomic E-state index is 12.4. The maximum atomic E-state index is 12.4. The second-order valence-electron chi connectivity index (χ2n) is 5.83. The highest BCUT2D eigenvalue weighted by Gasteiger charge is 2.20. The maximum Gasteiger partial charge on any atom is 0.222 e. The fraction of sp³-hybridized carbons (Fsp3) is 0.588. The summed E-state index contributed by atoms with van der Waals surface area (Å²) in [6.45, 7) is 5.93. The van der Waals surface area contributed by atoms with E-state index in [0.717, 1.165) is 31.7 Å². The molecular weight excluding hydrogens is 294 g/mol. The van der Waals surface area contributed by atoms with E-state index in [1.54, 1.807) is 13.2 Å². The van der Waals surface area contributed by atoms with Gasteiger partial charge in [-0.2, -0.15) is 0 Å². The molecule has 0 radical (unpaired) electrons. The SMILES string of the molecule is CCOc1c(CCC(=O)N2CCN(C)CC2)cc(N)cc1OC. The molecule has 1 aliphatic heterocycles. The molecule has 128 valence electrons. The van der Waals surface area contributed by atoms with Crippen LogP contribution in [0.15, 0.2) is 12.1 Å². The molecule has 1 saturated heterocycles. The summed E-state index contributed by atoms with van der Waals surface area (Å²) in [5.74, 6) is 1.49. The smallest absolute Gasteiger partial charge is 0.222 e. The van der Waals surface area contributed by atoms with E-state index in [2.05, 4.69) is 11.9 Å². The highest BCUT2D eigenvalue weighted by Crippen LogP contribution is 2.34. The van der Waals surface area contributed by atoms with Crippen molar-refractivity contribution in [3.8, 4) is 11.5 Å². The van der Waals surface area contributed by atoms with Crippen molar-refractivity contribution in [2.75, 3.05) is 52.7 Å². The zero-order valence-electron chi connectivity index (χ0n) is 14.3. The van der Waals surface area contributed by atoms with Crippen molar-refractivity contribution in [2.45, 2.75) is 19.8 Å². The van der Waals surface area contributed by atoms with E-state index < -0.39 is 0 Å². The molecule has 1 amide bonds. The number of likely N-dealkylation sites (N-methyl/N-ethyl adjacent to an activating group) is 1. The van der Waals surface area contributed by atoms with Gasteiger partial charge in [-0.3, -0.25) is 4.79 Å². The monoisotopic (exact) mass is 321 g/mol. The number of nitrogen functional groups attached to an aromatic ring is 1. The summed E-state index contributed by atoms with van der Waals surface area (Å²) in [6, 6.07) is 3.61. The summed E-state index contributed by atoms with van der Waals surface area (Å²) >= 11 is 0. The number of hydrogen-bond acceptors (Lipinski definition) is 5. The molecule has 1 aliphatic rings. The Morgan fingerprint density at radius 1 is 1.26 bits per heavy atom. The van der Waals surface area contributed by atoms with Crippen LogP contribution in [0.4, 0.5) is 5.69 Å². The third-order valence-corrected chi connectivity index (χ3v) is 4.13. The number of piperazine rings is 1. The van der Waals surface area contributed by atoms with Crippen LogP contribution in [0.1, 0.15) is 18.9 Å². The van der Waals surface area contributed by atoms with Gasteiger partial charge in [0.25, 0.3) is 0 Å². The number of amides is 1. The van der Waals surface area contributed by atoms with Crippen LogP contribution < -0.4 is 15.2 Å². The molecule has 0 aromatic heterocycles. The highest BCUT2D eigenvalue weighted by atomic mass is 16.5. The molecule has 0 bridgehead atoms. The molecular formula is C17H27N3O3. The summed E-state index contributed by atoms with van der Waals surface area (Å²) in [4.78, 5) is 16.6. The predicted molar refractivity (Wildman–Crippen MR) is 91.0 cm³/mol. The molecule has 1 fully saturated rings. The van der Waals surface area contributed by atoms with Crippen LogP contribution >= 0.6 is 0 Å². The third-order valence-electron chi connectivity index (χ3n) is 4.13. The molecule has 1 aromatic rings. The highest BCUT2D eigenvalue weighted by molar-refractivity contribution is 5.77. The Bertz CT molecular complexity index is 540. The van der Waals surface area contributed by atoms with Crippen LogP contribution in [0.25, 0.3) is 0 Å². The van der Waals surface area contributed by atoms with E-state index in [4.69, 9.17) is 15.2 Å². The van der Waals surface area contributed by atoms with Gasteiger partial charge in [0, 0.05) is 49.9 Å². The zero-order chi connectivity index (χ0) is 16.8. The minimum atomic E-state index is 0.182. The number of anilines is 1. The van der Waals surface area contributed by atoms with E-state index in [0.29, 0.717) is 36.6 Å². The average Bonchev–Trinajstić information content (AvgIpc) is 2.55. The topological polar surface area (TPSA) is 68.0 Å². The van der Waals surface area contributed by atoms with Gasteiger partial charge in [0.2, 0.25) is 5.91 Å². The fourth-order valence-electron chi connectivity index (χ4n) is 2.78. The van der Waals surface area contributed by atoms with Crippen LogP contribution in [-0.4, -0.2) is 62.7 Å². The Balaban J connectivity index is 2.04. The molecule has 0 spiro atoms. The van der Waals surface area contributed by atoms with Crippen LogP contribution in [0.2, 0.25) is 0 Å². The van der Waals surface area contributed by atoms with Crippen molar-refractivity contribution in [1.29, 1.82) is 0 Å². The Kier molecular flexibility index (Phi) is 6.10. The Morgan fingerprint density at radius 2 is 1.96 bits per heavy atom. The fourth-order valence-corrected chi connectivity index (χ4v) is 2.78. The van der Waals surface area contributed by atoms with Crippen LogP contribution in [0, 0.1) is 0 Å². The van der Waals surface area contributed by atoms with E-state index in [-0.39, 0.29) is 5.91 Å². The van der Waals surface area contributed by atoms with E-state index in [1.165, 1.54) is 0 Å². The van der Waals surface area contributed by atoms with Gasteiger partial charge in [-0.05, 0) is 26.5 Å². The molecule has 6 nitrogen and oxygen atoms in total.